The van der Waals surface area contributed by atoms with Gasteiger partial charge >= 0.3 is 5.97 Å². The number of rotatable bonds is 1. The first-order chi connectivity index (χ1) is 8.11. The Morgan fingerprint density at radius 3 is 2.88 bits per heavy atom. The van der Waals surface area contributed by atoms with Gasteiger partial charge in [-0.05, 0) is 25.7 Å². The summed E-state index contributed by atoms with van der Waals surface area (Å²) in [6.07, 6.45) is 4.42. The second kappa shape index (κ2) is 3.63. The van der Waals surface area contributed by atoms with Gasteiger partial charge < -0.3 is 14.7 Å². The fraction of sp³-hybridized carbons (Fsp3) is 0.583. The lowest BCUT2D eigenvalue weighted by Crippen LogP contribution is -2.47. The molecule has 0 radical (unpaired) electrons. The Kier molecular flexibility index (Phi) is 2.33. The molecule has 1 aromatic heterocycles. The standard InChI is InChI=1S/C12H15NO3S/c1-13-7-12(4-2-3-5-12)16-9-8(13)6-17-10(9)11(14)15/h6H,2-5,7H2,1H3,(H,14,15). The van der Waals surface area contributed by atoms with E-state index >= 15 is 0 Å². The lowest BCUT2D eigenvalue weighted by atomic mass is 9.99. The Morgan fingerprint density at radius 2 is 2.24 bits per heavy atom. The predicted molar refractivity (Wildman–Crippen MR) is 66.4 cm³/mol. The average molecular weight is 253 g/mol. The first-order valence-corrected chi connectivity index (χ1v) is 6.74. The number of carbonyl (C=O) groups is 1. The minimum Gasteiger partial charge on any atom is -0.481 e. The number of nitrogens with zero attached hydrogens (tertiary/aromatic N) is 1. The molecular weight excluding hydrogens is 238 g/mol. The third kappa shape index (κ3) is 1.60. The van der Waals surface area contributed by atoms with Gasteiger partial charge in [0.15, 0.2) is 10.6 Å². The van der Waals surface area contributed by atoms with Crippen LogP contribution in [0.4, 0.5) is 5.69 Å². The van der Waals surface area contributed by atoms with Crippen molar-refractivity contribution in [3.8, 4) is 5.75 Å². The molecule has 1 N–H and O–H groups in total. The zero-order chi connectivity index (χ0) is 12.0. The summed E-state index contributed by atoms with van der Waals surface area (Å²) in [6, 6.07) is 0. The highest BCUT2D eigenvalue weighted by Gasteiger charge is 2.43. The largest absolute Gasteiger partial charge is 0.481 e. The summed E-state index contributed by atoms with van der Waals surface area (Å²) in [6.45, 7) is 0.871. The monoisotopic (exact) mass is 253 g/mol. The van der Waals surface area contributed by atoms with Gasteiger partial charge in [0.2, 0.25) is 0 Å². The van der Waals surface area contributed by atoms with Crippen molar-refractivity contribution in [3.05, 3.63) is 10.3 Å². The molecule has 2 aliphatic rings. The van der Waals surface area contributed by atoms with Crippen LogP contribution in [0, 0.1) is 0 Å². The van der Waals surface area contributed by atoms with E-state index in [4.69, 9.17) is 9.84 Å². The van der Waals surface area contributed by atoms with Crippen LogP contribution in [-0.4, -0.2) is 30.3 Å². The van der Waals surface area contributed by atoms with E-state index in [0.717, 1.165) is 25.1 Å². The summed E-state index contributed by atoms with van der Waals surface area (Å²) in [5.41, 5.74) is 0.775. The average Bonchev–Trinajstić information content (AvgIpc) is 2.85. The fourth-order valence-electron chi connectivity index (χ4n) is 2.89. The van der Waals surface area contributed by atoms with Gasteiger partial charge in [-0.25, -0.2) is 4.79 Å². The summed E-state index contributed by atoms with van der Waals surface area (Å²) in [5, 5.41) is 11.0. The molecular formula is C12H15NO3S. The molecule has 1 aromatic rings. The zero-order valence-electron chi connectivity index (χ0n) is 9.73. The van der Waals surface area contributed by atoms with Crippen molar-refractivity contribution in [2.24, 2.45) is 0 Å². The number of hydrogen-bond donors (Lipinski definition) is 1. The van der Waals surface area contributed by atoms with E-state index in [0.29, 0.717) is 10.6 Å². The van der Waals surface area contributed by atoms with Crippen molar-refractivity contribution in [1.82, 2.24) is 0 Å². The van der Waals surface area contributed by atoms with Crippen LogP contribution < -0.4 is 9.64 Å². The quantitative estimate of drug-likeness (QED) is 0.835. The first kappa shape index (κ1) is 10.9. The molecule has 17 heavy (non-hydrogen) atoms. The molecule has 92 valence electrons. The number of hydrogen-bond acceptors (Lipinski definition) is 4. The number of fused-ring (bicyclic) bond motifs is 1. The van der Waals surface area contributed by atoms with Gasteiger partial charge in [-0.15, -0.1) is 11.3 Å². The van der Waals surface area contributed by atoms with Gasteiger partial charge in [0.1, 0.15) is 5.60 Å². The highest BCUT2D eigenvalue weighted by atomic mass is 32.1. The van der Waals surface area contributed by atoms with E-state index < -0.39 is 5.97 Å². The highest BCUT2D eigenvalue weighted by Crippen LogP contribution is 2.47. The zero-order valence-corrected chi connectivity index (χ0v) is 10.5. The van der Waals surface area contributed by atoms with Gasteiger partial charge in [-0.3, -0.25) is 0 Å². The van der Waals surface area contributed by atoms with E-state index in [9.17, 15) is 4.79 Å². The molecule has 1 saturated carbocycles. The maximum absolute atomic E-state index is 11.2. The maximum Gasteiger partial charge on any atom is 0.349 e. The Bertz CT molecular complexity index is 462. The third-order valence-electron chi connectivity index (χ3n) is 3.69. The number of aromatic carboxylic acids is 1. The molecule has 0 amide bonds. The summed E-state index contributed by atoms with van der Waals surface area (Å²) < 4.78 is 6.07. The summed E-state index contributed by atoms with van der Waals surface area (Å²) in [4.78, 5) is 13.6. The third-order valence-corrected chi connectivity index (χ3v) is 4.63. The van der Waals surface area contributed by atoms with Gasteiger partial charge in [0, 0.05) is 12.4 Å². The number of carboxylic acids is 1. The molecule has 0 aromatic carbocycles. The van der Waals surface area contributed by atoms with Gasteiger partial charge in [-0.2, -0.15) is 0 Å². The lowest BCUT2D eigenvalue weighted by molar-refractivity contribution is 0.0631. The minimum atomic E-state index is -0.889. The molecule has 0 bridgehead atoms. The molecule has 4 nitrogen and oxygen atoms in total. The second-order valence-electron chi connectivity index (χ2n) is 4.93. The number of thiophene rings is 1. The van der Waals surface area contributed by atoms with Gasteiger partial charge in [0.05, 0.1) is 12.2 Å². The molecule has 0 saturated heterocycles. The van der Waals surface area contributed by atoms with E-state index in [2.05, 4.69) is 4.90 Å². The molecule has 5 heteroatoms. The Hall–Kier alpha value is -1.23. The fourth-order valence-corrected chi connectivity index (χ4v) is 3.76. The van der Waals surface area contributed by atoms with Crippen molar-refractivity contribution >= 4 is 23.0 Å². The van der Waals surface area contributed by atoms with Crippen LogP contribution in [0.3, 0.4) is 0 Å². The highest BCUT2D eigenvalue weighted by molar-refractivity contribution is 7.13. The van der Waals surface area contributed by atoms with E-state index in [1.54, 1.807) is 0 Å². The number of anilines is 1. The molecule has 1 fully saturated rings. The van der Waals surface area contributed by atoms with Crippen molar-refractivity contribution in [2.45, 2.75) is 31.3 Å². The van der Waals surface area contributed by atoms with E-state index in [-0.39, 0.29) is 5.60 Å². The minimum absolute atomic E-state index is 0.146. The molecule has 3 rings (SSSR count). The van der Waals surface area contributed by atoms with Crippen molar-refractivity contribution in [3.63, 3.8) is 0 Å². The van der Waals surface area contributed by atoms with Crippen molar-refractivity contribution in [2.75, 3.05) is 18.5 Å². The Labute approximate surface area is 104 Å². The Balaban J connectivity index is 2.03. The van der Waals surface area contributed by atoms with E-state index in [1.165, 1.54) is 24.2 Å². The van der Waals surface area contributed by atoms with Crippen LogP contribution in [0.25, 0.3) is 0 Å². The smallest absolute Gasteiger partial charge is 0.349 e. The number of likely N-dealkylation sites (N-methyl/N-ethyl adjacent to an activating group) is 1. The van der Waals surface area contributed by atoms with Crippen molar-refractivity contribution < 1.29 is 14.6 Å². The molecule has 1 aliphatic heterocycles. The van der Waals surface area contributed by atoms with Gasteiger partial charge in [0.25, 0.3) is 0 Å². The Morgan fingerprint density at radius 1 is 1.53 bits per heavy atom. The molecule has 0 unspecified atom stereocenters. The SMILES string of the molecule is CN1CC2(CCCC2)Oc2c1csc2C(=O)O. The van der Waals surface area contributed by atoms with Gasteiger partial charge in [-0.1, -0.05) is 0 Å². The van der Waals surface area contributed by atoms with Crippen LogP contribution in [0.2, 0.25) is 0 Å². The van der Waals surface area contributed by atoms with Crippen LogP contribution in [0.5, 0.6) is 5.75 Å². The second-order valence-corrected chi connectivity index (χ2v) is 5.81. The summed E-state index contributed by atoms with van der Waals surface area (Å²) >= 11 is 1.25. The lowest BCUT2D eigenvalue weighted by Gasteiger charge is -2.40. The molecule has 1 spiro atoms. The summed E-state index contributed by atoms with van der Waals surface area (Å²) in [5.74, 6) is -0.308. The molecule has 0 atom stereocenters. The topological polar surface area (TPSA) is 49.8 Å². The van der Waals surface area contributed by atoms with Crippen LogP contribution >= 0.6 is 11.3 Å². The normalized spacial score (nSPS) is 21.4. The molecule has 2 heterocycles. The van der Waals surface area contributed by atoms with E-state index in [1.807, 2.05) is 12.4 Å². The number of carboxylic acid groups (broad SMARTS) is 1. The van der Waals surface area contributed by atoms with Crippen LogP contribution in [0.15, 0.2) is 5.38 Å². The van der Waals surface area contributed by atoms with Crippen LogP contribution in [0.1, 0.15) is 35.4 Å². The predicted octanol–water partition coefficient (Wildman–Crippen LogP) is 2.59. The van der Waals surface area contributed by atoms with Crippen molar-refractivity contribution in [1.29, 1.82) is 0 Å². The molecule has 1 aliphatic carbocycles. The number of ether oxygens (including phenoxy) is 1. The maximum atomic E-state index is 11.2. The van der Waals surface area contributed by atoms with Crippen LogP contribution in [-0.2, 0) is 0 Å². The first-order valence-electron chi connectivity index (χ1n) is 5.86. The summed E-state index contributed by atoms with van der Waals surface area (Å²) in [7, 11) is 2.01.